The van der Waals surface area contributed by atoms with Crippen molar-refractivity contribution in [3.63, 3.8) is 0 Å². The lowest BCUT2D eigenvalue weighted by Gasteiger charge is -2.33. The number of ketones is 1. The number of rotatable bonds is 27. The Balaban J connectivity index is 0.000000366. The molecule has 5 aromatic carbocycles. The molecule has 6 aliphatic rings. The van der Waals surface area contributed by atoms with Gasteiger partial charge in [0.25, 0.3) is 35.0 Å². The van der Waals surface area contributed by atoms with Crippen molar-refractivity contribution in [2.45, 2.75) is 378 Å². The number of nitrogens with zero attached hydrogens (tertiary/aromatic N) is 7. The second-order valence-corrected chi connectivity index (χ2v) is 49.1. The van der Waals surface area contributed by atoms with Gasteiger partial charge in [0.15, 0.2) is 5.78 Å². The molecule has 0 aromatic heterocycles. The number of nitrogens with two attached hydrogens (primary N) is 1. The number of nitrogen functional groups attached to an aromatic ring is 1. The van der Waals surface area contributed by atoms with Crippen LogP contribution in [0.5, 0.6) is 0 Å². The van der Waals surface area contributed by atoms with Crippen LogP contribution in [0.4, 0.5) is 28.4 Å². The van der Waals surface area contributed by atoms with Crippen LogP contribution < -0.4 is 21.3 Å². The summed E-state index contributed by atoms with van der Waals surface area (Å²) in [5.74, 6) is 7.96. The van der Waals surface area contributed by atoms with Crippen molar-refractivity contribution in [2.75, 3.05) is 76.1 Å². The summed E-state index contributed by atoms with van der Waals surface area (Å²) in [7, 11) is 3.72. The van der Waals surface area contributed by atoms with Crippen LogP contribution in [-0.2, 0) is 0 Å². The fourth-order valence-corrected chi connectivity index (χ4v) is 30.2. The first-order valence-electron chi connectivity index (χ1n) is 52.4. The maximum Gasteiger partial charge on any atom is 0.285 e. The van der Waals surface area contributed by atoms with E-state index in [2.05, 4.69) is 136 Å². The van der Waals surface area contributed by atoms with Crippen LogP contribution in [0.3, 0.4) is 0 Å². The number of hydrogen-bond donors (Lipinski definition) is 4. The molecule has 780 valence electrons. The molecule has 0 bridgehead atoms. The molecule has 6 aliphatic heterocycles. The maximum absolute atomic E-state index is 14.0. The summed E-state index contributed by atoms with van der Waals surface area (Å²) >= 11 is 15.6. The highest BCUT2D eigenvalue weighted by Crippen LogP contribution is 2.49. The van der Waals surface area contributed by atoms with E-state index in [-0.39, 0.29) is 123 Å². The molecule has 5 aromatic rings. The maximum atomic E-state index is 14.0. The number of benzene rings is 5. The number of nitro groups is 2. The lowest BCUT2D eigenvalue weighted by atomic mass is 9.91. The van der Waals surface area contributed by atoms with Gasteiger partial charge in [0.1, 0.15) is 11.8 Å². The number of anilines is 3. The van der Waals surface area contributed by atoms with Crippen molar-refractivity contribution >= 4 is 152 Å². The number of likely N-dealkylation sites (N-methyl/N-ethyl adjacent to an activating group) is 1. The highest BCUT2D eigenvalue weighted by molar-refractivity contribution is 8.18. The molecule has 1 unspecified atom stereocenters. The number of aliphatic hydroxyl groups excluding tert-OH is 1. The molecule has 28 heteroatoms. The van der Waals surface area contributed by atoms with Gasteiger partial charge < -0.3 is 46.0 Å². The topological polar surface area (TPSA) is 258 Å². The van der Waals surface area contributed by atoms with Crippen molar-refractivity contribution in [3.8, 4) is 0 Å². The Hall–Kier alpha value is -6.89. The molecule has 6 heterocycles. The summed E-state index contributed by atoms with van der Waals surface area (Å²) < 4.78 is 40.5. The number of nitrogens with one attached hydrogen (secondary N) is 2. The fourth-order valence-electron chi connectivity index (χ4n) is 19.3. The first kappa shape index (κ1) is 117. The number of nitro benzene ring substituents is 2. The van der Waals surface area contributed by atoms with Gasteiger partial charge in [0, 0.05) is 66.2 Å². The summed E-state index contributed by atoms with van der Waals surface area (Å²) in [6, 6.07) is 0.705. The average Bonchev–Trinajstić information content (AvgIpc) is 1.58. The van der Waals surface area contributed by atoms with Gasteiger partial charge in [-0.1, -0.05) is 105 Å². The van der Waals surface area contributed by atoms with Crippen LogP contribution in [0.1, 0.15) is 355 Å². The van der Waals surface area contributed by atoms with Crippen molar-refractivity contribution in [3.05, 3.63) is 216 Å². The number of thioether (sulfide) groups is 8. The van der Waals surface area contributed by atoms with Crippen molar-refractivity contribution < 1.29 is 45.8 Å². The summed E-state index contributed by atoms with van der Waals surface area (Å²) in [6.45, 7) is 72.4. The Morgan fingerprint density at radius 3 is 1.07 bits per heavy atom. The molecule has 11 rings (SSSR count). The van der Waals surface area contributed by atoms with Crippen LogP contribution in [0.25, 0.3) is 0 Å². The van der Waals surface area contributed by atoms with Gasteiger partial charge in [-0.3, -0.25) is 44.2 Å². The van der Waals surface area contributed by atoms with Crippen LogP contribution in [0.2, 0.25) is 0 Å². The van der Waals surface area contributed by atoms with Crippen molar-refractivity contribution in [1.29, 1.82) is 0 Å². The molecule has 6 atom stereocenters. The molecule has 0 fully saturated rings. The Labute approximate surface area is 885 Å². The minimum atomic E-state index is -0.762. The van der Waals surface area contributed by atoms with E-state index in [1.807, 2.05) is 205 Å². The number of amides is 4. The highest BCUT2D eigenvalue weighted by atomic mass is 32.2. The minimum absolute atomic E-state index is 0. The van der Waals surface area contributed by atoms with E-state index >= 15 is 0 Å². The number of fused-ring (bicyclic) bond motifs is 2. The van der Waals surface area contributed by atoms with Gasteiger partial charge in [-0.25, -0.2) is 0 Å². The van der Waals surface area contributed by atoms with E-state index in [1.165, 1.54) is 47.3 Å². The fraction of sp³-hybridized carbons (Fsp3) is 0.598. The predicted octanol–water partition coefficient (Wildman–Crippen LogP) is 29.7. The van der Waals surface area contributed by atoms with Gasteiger partial charge in [-0.2, -0.15) is 0 Å². The third-order valence-electron chi connectivity index (χ3n) is 28.9. The molecule has 0 saturated heterocycles. The van der Waals surface area contributed by atoms with Crippen LogP contribution in [0, 0.1) is 159 Å². The molecule has 5 N–H and O–H groups in total. The molecular weight excluding hydrogens is 1900 g/mol. The van der Waals surface area contributed by atoms with Crippen LogP contribution in [-0.4, -0.2) is 179 Å². The molecular formula is C112H174N10O10S8. The monoisotopic (exact) mass is 2080 g/mol. The van der Waals surface area contributed by atoms with E-state index in [1.54, 1.807) is 44.4 Å². The van der Waals surface area contributed by atoms with E-state index in [0.717, 1.165) is 187 Å². The first-order valence-corrected chi connectivity index (χ1v) is 57.3. The Kier molecular flexibility index (Phi) is 46.3. The number of hydrogen-bond acceptors (Lipinski definition) is 22. The summed E-state index contributed by atoms with van der Waals surface area (Å²) in [4.78, 5) is 98.2. The number of Topliss-reactive ketones (excluding diaryl/α,β-unsaturated/α-hetero) is 1. The van der Waals surface area contributed by atoms with Crippen LogP contribution in [0.15, 0.2) is 56.4 Å². The lowest BCUT2D eigenvalue weighted by molar-refractivity contribution is -0.385. The van der Waals surface area contributed by atoms with E-state index in [4.69, 9.17) is 12.6 Å². The summed E-state index contributed by atoms with van der Waals surface area (Å²) in [5.41, 5.74) is 39.2. The molecule has 0 radical (unpaired) electrons. The van der Waals surface area contributed by atoms with Gasteiger partial charge in [-0.15, -0.1) is 94.1 Å². The van der Waals surface area contributed by atoms with E-state index in [0.29, 0.717) is 71.8 Å². The SMILES string of the molecule is C.CC.CCSC(SCC)[C@@H]1CC(C)=C(C)N1.[2H]Cc1c(C)c(C)c(C(=O)N2C(C)=C(C)C[C@H]2C(SCC)SCC)c(N)c1C.[2H]Cc1c(C)c(C)c(C(=O)N2C(C)=C(C)C[C@H]2C(SCC)SCC)c(NC)c1C.[2H]Cc1c(C)c(C)c(C(=O)N2C(C)=C(C)C[C@H]2C(SCC)SCC)c([N+](=O)[O-])c1C.[2H]Cc1c(C)c(C)c(C(C)=O)c([N+](=O)[O-])c1C.[2H]Cc1c(C)c(C)c2c(c1C)N(C)C(O)[C@@H]1CC(C)=C(C)N1C2=O. The third kappa shape index (κ3) is 26.9. The van der Waals surface area contributed by atoms with Crippen molar-refractivity contribution in [2.24, 2.45) is 0 Å². The molecule has 4 amide bonds. The smallest absolute Gasteiger partial charge is 0.285 e. The number of allylic oxidation sites excluding steroid dienone is 5. The largest absolute Gasteiger partial charge is 0.398 e. The number of aliphatic hydroxyl groups is 1. The Morgan fingerprint density at radius 2 is 0.729 bits per heavy atom. The first-order chi connectivity index (χ1) is 67.8. The van der Waals surface area contributed by atoms with Gasteiger partial charge in [-0.05, 0) is 393 Å². The molecule has 20 nitrogen and oxygen atoms in total. The summed E-state index contributed by atoms with van der Waals surface area (Å²) in [5, 5.41) is 40.9. The highest BCUT2D eigenvalue weighted by Gasteiger charge is 2.48. The minimum Gasteiger partial charge on any atom is -0.398 e. The normalized spacial score (nSPS) is 18.1. The van der Waals surface area contributed by atoms with Gasteiger partial charge in [0.05, 0.1) is 92.0 Å². The molecule has 0 aliphatic carbocycles. The second kappa shape index (κ2) is 55.6. The number of carbonyl (C=O) groups is 5. The predicted molar refractivity (Wildman–Crippen MR) is 619 cm³/mol. The van der Waals surface area contributed by atoms with Crippen molar-refractivity contribution in [1.82, 2.24) is 24.9 Å². The third-order valence-corrected chi connectivity index (χ3v) is 40.0. The summed E-state index contributed by atoms with van der Waals surface area (Å²) in [6.07, 6.45) is 3.82. The second-order valence-electron chi connectivity index (χ2n) is 36.5. The molecule has 140 heavy (non-hydrogen) atoms. The Bertz CT molecular complexity index is 5620. The Morgan fingerprint density at radius 1 is 0.421 bits per heavy atom. The lowest BCUT2D eigenvalue weighted by Crippen LogP contribution is -2.47. The van der Waals surface area contributed by atoms with Gasteiger partial charge in [0.2, 0.25) is 0 Å². The standard InChI is InChI=1S/C23H36N2OS2.C22H32N2O3S2.C22H34N2OS2.C19H26N2O2.C12H15NO3.C11H21NS2.C2H6.CH4/c1-10-27-23(28-11-2)19-12-13(3)18(8)25(19)22(26)20-16(6)14(4)15(5)17(7)21(20)24-9;1-9-28-22(29-10-2)18-11-12(3)17(8)23(18)21(25)19-15(6)13(4)14(5)16(7)20(19)24(26)27;1-9-26-22(27-10-2)18-11-12(3)17(8)24(18)21(25)19-15(6)13(4)14(5)16(7)20(19)23;1-9-8-15-18(22)20(7)17-13(5)11(3)10(2)12(4)16(17)19(23)21(15)14(9)6;1-6-7(2)9(4)12(13(15)16)11(8(6)3)10(5)14;1-5-13-11(14-6-2)10-7-8(3)9(4)12-10;1-2;/h19,23-24H,10-12H2,1-9H3;18,22H,9-11H2,1-8H3;18,22H,9-11,23H2,1-8H3;15,18,22H,8H2,1-7H3;1-5H3;10-12H,5-7H2,1-4H3;1-2H3;1H4/t19-;2*18-;15-,18?;;10-;;/m0000.0../s1/i3*5D;3D;2D;;;. The zero-order valence-electron chi connectivity index (χ0n) is 96.1. The average molecular weight is 2080 g/mol. The molecule has 0 spiro atoms. The van der Waals surface area contributed by atoms with Crippen LogP contribution >= 0.6 is 94.1 Å². The zero-order chi connectivity index (χ0) is 110. The van der Waals surface area contributed by atoms with E-state index in [9.17, 15) is 49.3 Å². The number of carbonyl (C=O) groups excluding carboxylic acids is 5. The zero-order valence-corrected chi connectivity index (χ0v) is 97.6. The van der Waals surface area contributed by atoms with E-state index < -0.39 is 16.1 Å². The molecule has 0 saturated carbocycles. The quantitative estimate of drug-likeness (QED) is 0.0125. The van der Waals surface area contributed by atoms with Gasteiger partial charge >= 0.3 is 0 Å².